The molecule has 0 radical (unpaired) electrons. The molecule has 1 unspecified atom stereocenters. The smallest absolute Gasteiger partial charge is 0.306 e. The lowest BCUT2D eigenvalue weighted by Crippen LogP contribution is -2.30. The summed E-state index contributed by atoms with van der Waals surface area (Å²) in [7, 11) is 0. The van der Waals surface area contributed by atoms with Crippen LogP contribution in [0.4, 0.5) is 0 Å². The van der Waals surface area contributed by atoms with Gasteiger partial charge in [0.05, 0.1) is 0 Å². The minimum atomic E-state index is -0.815. The average molecular weight is 929 g/mol. The van der Waals surface area contributed by atoms with Crippen molar-refractivity contribution in [2.75, 3.05) is 13.2 Å². The molecule has 0 saturated carbocycles. The first-order valence-electron chi connectivity index (χ1n) is 27.4. The van der Waals surface area contributed by atoms with Gasteiger partial charge in [0, 0.05) is 19.3 Å². The second-order valence-corrected chi connectivity index (χ2v) is 17.7. The third-order valence-electron chi connectivity index (χ3n) is 11.3. The molecule has 380 valence electrons. The molecule has 0 rings (SSSR count). The van der Waals surface area contributed by atoms with Gasteiger partial charge in [-0.3, -0.25) is 14.4 Å². The Kier molecular flexibility index (Phi) is 51.5. The first kappa shape index (κ1) is 63.1. The van der Waals surface area contributed by atoms with Crippen LogP contribution in [0.15, 0.2) is 109 Å². The van der Waals surface area contributed by atoms with E-state index >= 15 is 0 Å². The van der Waals surface area contributed by atoms with Crippen molar-refractivity contribution < 1.29 is 28.6 Å². The quantitative estimate of drug-likeness (QED) is 0.0262. The summed E-state index contributed by atoms with van der Waals surface area (Å²) < 4.78 is 16.7. The molecule has 0 aromatic heterocycles. The first-order valence-corrected chi connectivity index (χ1v) is 27.4. The highest BCUT2D eigenvalue weighted by molar-refractivity contribution is 5.71. The topological polar surface area (TPSA) is 78.9 Å². The molecule has 0 aromatic rings. The molecule has 0 fully saturated rings. The van der Waals surface area contributed by atoms with Gasteiger partial charge in [0.25, 0.3) is 0 Å². The summed E-state index contributed by atoms with van der Waals surface area (Å²) >= 11 is 0. The van der Waals surface area contributed by atoms with Crippen LogP contribution in [0.3, 0.4) is 0 Å². The van der Waals surface area contributed by atoms with Crippen molar-refractivity contribution in [2.45, 2.75) is 245 Å². The van der Waals surface area contributed by atoms with E-state index in [4.69, 9.17) is 14.2 Å². The first-order chi connectivity index (χ1) is 33.0. The zero-order chi connectivity index (χ0) is 48.6. The normalized spacial score (nSPS) is 12.9. The molecule has 6 nitrogen and oxygen atoms in total. The lowest BCUT2D eigenvalue weighted by atomic mass is 10.0. The highest BCUT2D eigenvalue weighted by atomic mass is 16.6. The molecular weight excluding hydrogens is 829 g/mol. The van der Waals surface area contributed by atoms with E-state index in [1.807, 2.05) is 12.2 Å². The lowest BCUT2D eigenvalue weighted by Gasteiger charge is -2.18. The second kappa shape index (κ2) is 54.7. The Morgan fingerprint density at radius 3 is 1.00 bits per heavy atom. The molecule has 0 saturated heterocycles. The number of ether oxygens (including phenoxy) is 3. The monoisotopic (exact) mass is 929 g/mol. The molecule has 0 spiro atoms. The number of hydrogen-bond acceptors (Lipinski definition) is 6. The Labute approximate surface area is 412 Å². The van der Waals surface area contributed by atoms with Gasteiger partial charge in [-0.15, -0.1) is 0 Å². The van der Waals surface area contributed by atoms with Gasteiger partial charge in [-0.05, 0) is 89.9 Å². The van der Waals surface area contributed by atoms with Gasteiger partial charge >= 0.3 is 17.9 Å². The Morgan fingerprint density at radius 2 is 0.612 bits per heavy atom. The molecule has 0 aliphatic heterocycles. The minimum absolute atomic E-state index is 0.110. The van der Waals surface area contributed by atoms with Crippen molar-refractivity contribution in [3.05, 3.63) is 109 Å². The number of allylic oxidation sites excluding steroid dienone is 18. The van der Waals surface area contributed by atoms with Crippen LogP contribution < -0.4 is 0 Å². The summed E-state index contributed by atoms with van der Waals surface area (Å²) in [6.07, 6.45) is 73.7. The molecule has 6 heteroatoms. The second-order valence-electron chi connectivity index (χ2n) is 17.7. The number of carbonyl (C=O) groups is 3. The van der Waals surface area contributed by atoms with Crippen LogP contribution in [-0.2, 0) is 28.6 Å². The summed E-state index contributed by atoms with van der Waals surface area (Å²) in [6.45, 7) is 6.33. The molecule has 67 heavy (non-hydrogen) atoms. The summed E-state index contributed by atoms with van der Waals surface area (Å²) in [5, 5.41) is 0. The van der Waals surface area contributed by atoms with Gasteiger partial charge in [0.2, 0.25) is 0 Å². The Hall–Kier alpha value is -3.93. The van der Waals surface area contributed by atoms with E-state index in [9.17, 15) is 14.4 Å². The van der Waals surface area contributed by atoms with Crippen LogP contribution in [0, 0.1) is 0 Å². The van der Waals surface area contributed by atoms with Crippen LogP contribution in [0.25, 0.3) is 0 Å². The molecule has 0 N–H and O–H groups in total. The summed E-state index contributed by atoms with van der Waals surface area (Å²) in [5.74, 6) is -1.01. The number of carbonyl (C=O) groups excluding carboxylic acids is 3. The number of rotatable bonds is 48. The fraction of sp³-hybridized carbons (Fsp3) is 0.656. The van der Waals surface area contributed by atoms with Gasteiger partial charge in [-0.1, -0.05) is 239 Å². The zero-order valence-corrected chi connectivity index (χ0v) is 43.4. The molecule has 0 amide bonds. The fourth-order valence-electron chi connectivity index (χ4n) is 7.25. The molecule has 1 atom stereocenters. The Balaban J connectivity index is 4.47. The van der Waals surface area contributed by atoms with Crippen molar-refractivity contribution in [3.63, 3.8) is 0 Å². The summed E-state index contributed by atoms with van der Waals surface area (Å²) in [4.78, 5) is 38.0. The van der Waals surface area contributed by atoms with Crippen molar-refractivity contribution in [2.24, 2.45) is 0 Å². The highest BCUT2D eigenvalue weighted by Crippen LogP contribution is 2.15. The summed E-state index contributed by atoms with van der Waals surface area (Å²) in [5.41, 5.74) is 0. The van der Waals surface area contributed by atoms with E-state index in [0.717, 1.165) is 116 Å². The van der Waals surface area contributed by atoms with Crippen LogP contribution in [-0.4, -0.2) is 37.2 Å². The minimum Gasteiger partial charge on any atom is -0.462 e. The molecular formula is C61H100O6. The zero-order valence-electron chi connectivity index (χ0n) is 43.4. The highest BCUT2D eigenvalue weighted by Gasteiger charge is 2.19. The van der Waals surface area contributed by atoms with Crippen LogP contribution in [0.2, 0.25) is 0 Å². The van der Waals surface area contributed by atoms with Crippen LogP contribution in [0.1, 0.15) is 239 Å². The maximum atomic E-state index is 12.8. The van der Waals surface area contributed by atoms with Crippen molar-refractivity contribution in [3.8, 4) is 0 Å². The fourth-order valence-corrected chi connectivity index (χ4v) is 7.25. The Morgan fingerprint density at radius 1 is 0.313 bits per heavy atom. The lowest BCUT2D eigenvalue weighted by molar-refractivity contribution is -0.166. The van der Waals surface area contributed by atoms with Gasteiger partial charge in [-0.25, -0.2) is 0 Å². The largest absolute Gasteiger partial charge is 0.462 e. The van der Waals surface area contributed by atoms with Crippen LogP contribution >= 0.6 is 0 Å². The molecule has 0 aliphatic rings. The number of hydrogen-bond donors (Lipinski definition) is 0. The Bertz CT molecular complexity index is 1390. The van der Waals surface area contributed by atoms with Crippen molar-refractivity contribution in [1.29, 1.82) is 0 Å². The SMILES string of the molecule is CC/C=C\C/C=C\C/C=C\C/C=C\C/C=C\CCCCCCCC(=O)OCC(COC(=O)CC/C=C\C/C=C\C/C=C\C/C=C\CC)OC(=O)CCCCCCCCCCCCCCCCC. The third-order valence-corrected chi connectivity index (χ3v) is 11.3. The molecule has 0 bridgehead atoms. The molecule has 0 aliphatic carbocycles. The van der Waals surface area contributed by atoms with E-state index in [1.165, 1.54) is 77.0 Å². The van der Waals surface area contributed by atoms with Crippen molar-refractivity contribution >= 4 is 17.9 Å². The maximum absolute atomic E-state index is 12.8. The average Bonchev–Trinajstić information content (AvgIpc) is 3.33. The van der Waals surface area contributed by atoms with E-state index < -0.39 is 6.10 Å². The number of unbranched alkanes of at least 4 members (excludes halogenated alkanes) is 19. The summed E-state index contributed by atoms with van der Waals surface area (Å²) in [6, 6.07) is 0. The van der Waals surface area contributed by atoms with Gasteiger partial charge < -0.3 is 14.2 Å². The van der Waals surface area contributed by atoms with E-state index in [0.29, 0.717) is 19.3 Å². The molecule has 0 heterocycles. The standard InChI is InChI=1S/C61H100O6/c1-4-7-10-13-16-19-22-25-27-28-29-30-31-32-34-36-39-42-45-48-51-54-60(63)66-57-58(56-65-59(62)53-50-47-44-41-38-35-24-21-18-15-12-9-6-3)67-61(64)55-52-49-46-43-40-37-33-26-23-20-17-14-11-8-5-2/h7,9-10,12,16,18-19,21,25,27,29-30,32,34-35,38,44,47,58H,4-6,8,11,13-15,17,20,22-24,26,28,31,33,36-37,39-43,45-46,48-57H2,1-3H3/b10-7-,12-9-,19-16-,21-18-,27-25-,30-29-,34-32-,38-35-,47-44-. The van der Waals surface area contributed by atoms with Crippen LogP contribution in [0.5, 0.6) is 0 Å². The van der Waals surface area contributed by atoms with E-state index in [1.54, 1.807) is 0 Å². The third kappa shape index (κ3) is 52.9. The predicted octanol–water partition coefficient (Wildman–Crippen LogP) is 18.3. The van der Waals surface area contributed by atoms with Crippen molar-refractivity contribution in [1.82, 2.24) is 0 Å². The van der Waals surface area contributed by atoms with Gasteiger partial charge in [-0.2, -0.15) is 0 Å². The molecule has 0 aromatic carbocycles. The van der Waals surface area contributed by atoms with E-state index in [2.05, 4.69) is 118 Å². The van der Waals surface area contributed by atoms with Gasteiger partial charge in [0.15, 0.2) is 6.10 Å². The predicted molar refractivity (Wildman–Crippen MR) is 288 cm³/mol. The number of esters is 3. The van der Waals surface area contributed by atoms with Gasteiger partial charge in [0.1, 0.15) is 13.2 Å². The van der Waals surface area contributed by atoms with E-state index in [-0.39, 0.29) is 37.5 Å². The maximum Gasteiger partial charge on any atom is 0.306 e.